The standard InChI is InChI=1S/C14H16F3N/c15-14(16,17)9-11-5-3-7-18-12-6-2-1-4-10(12)8-13(11)18/h1-2,4,6,11,13H,3,5,7-9H2. The van der Waals surface area contributed by atoms with E-state index in [1.165, 1.54) is 5.56 Å². The Balaban J connectivity index is 1.83. The van der Waals surface area contributed by atoms with E-state index in [4.69, 9.17) is 0 Å². The van der Waals surface area contributed by atoms with Crippen LogP contribution in [0.15, 0.2) is 24.3 Å². The van der Waals surface area contributed by atoms with Gasteiger partial charge in [0.25, 0.3) is 0 Å². The molecule has 0 saturated carbocycles. The zero-order valence-electron chi connectivity index (χ0n) is 10.1. The van der Waals surface area contributed by atoms with Gasteiger partial charge in [-0.05, 0) is 36.8 Å². The second-order valence-electron chi connectivity index (χ2n) is 5.32. The summed E-state index contributed by atoms with van der Waals surface area (Å²) in [6.45, 7) is 0.899. The topological polar surface area (TPSA) is 3.24 Å². The van der Waals surface area contributed by atoms with Crippen molar-refractivity contribution >= 4 is 5.69 Å². The van der Waals surface area contributed by atoms with Crippen molar-refractivity contribution < 1.29 is 13.2 Å². The Morgan fingerprint density at radius 1 is 1.22 bits per heavy atom. The zero-order chi connectivity index (χ0) is 12.8. The fourth-order valence-corrected chi connectivity index (χ4v) is 3.44. The summed E-state index contributed by atoms with van der Waals surface area (Å²) >= 11 is 0. The molecule has 1 saturated heterocycles. The first-order chi connectivity index (χ1) is 8.54. The van der Waals surface area contributed by atoms with Gasteiger partial charge in [0.15, 0.2) is 0 Å². The molecule has 0 aliphatic carbocycles. The van der Waals surface area contributed by atoms with Crippen molar-refractivity contribution in [2.45, 2.75) is 37.9 Å². The van der Waals surface area contributed by atoms with Gasteiger partial charge in [0, 0.05) is 24.7 Å². The van der Waals surface area contributed by atoms with Crippen LogP contribution < -0.4 is 4.90 Å². The number of hydrogen-bond donors (Lipinski definition) is 0. The lowest BCUT2D eigenvalue weighted by atomic mass is 9.86. The van der Waals surface area contributed by atoms with Crippen LogP contribution in [0.5, 0.6) is 0 Å². The van der Waals surface area contributed by atoms with Gasteiger partial charge >= 0.3 is 6.18 Å². The van der Waals surface area contributed by atoms with Crippen LogP contribution in [0.1, 0.15) is 24.8 Å². The van der Waals surface area contributed by atoms with Crippen molar-refractivity contribution in [3.8, 4) is 0 Å². The highest BCUT2D eigenvalue weighted by Gasteiger charge is 2.42. The lowest BCUT2D eigenvalue weighted by Gasteiger charge is -2.38. The molecule has 2 unspecified atom stereocenters. The molecule has 2 heterocycles. The van der Waals surface area contributed by atoms with E-state index in [0.29, 0.717) is 6.42 Å². The molecule has 0 amide bonds. The maximum atomic E-state index is 12.6. The average molecular weight is 255 g/mol. The van der Waals surface area contributed by atoms with E-state index in [9.17, 15) is 13.2 Å². The molecule has 2 aliphatic heterocycles. The summed E-state index contributed by atoms with van der Waals surface area (Å²) in [7, 11) is 0. The van der Waals surface area contributed by atoms with Crippen LogP contribution in [0, 0.1) is 5.92 Å². The van der Waals surface area contributed by atoms with E-state index < -0.39 is 12.6 Å². The third kappa shape index (κ3) is 2.08. The fraction of sp³-hybridized carbons (Fsp3) is 0.571. The Kier molecular flexibility index (Phi) is 2.76. The largest absolute Gasteiger partial charge is 0.389 e. The number of hydrogen-bond acceptors (Lipinski definition) is 1. The third-order valence-electron chi connectivity index (χ3n) is 4.14. The smallest absolute Gasteiger partial charge is 0.368 e. The van der Waals surface area contributed by atoms with Crippen molar-refractivity contribution in [2.24, 2.45) is 5.92 Å². The summed E-state index contributed by atoms with van der Waals surface area (Å²) in [5.41, 5.74) is 2.35. The first-order valence-electron chi connectivity index (χ1n) is 6.46. The number of benzene rings is 1. The van der Waals surface area contributed by atoms with Crippen molar-refractivity contribution in [3.05, 3.63) is 29.8 Å². The summed E-state index contributed by atoms with van der Waals surface area (Å²) < 4.78 is 37.8. The molecule has 0 spiro atoms. The highest BCUT2D eigenvalue weighted by atomic mass is 19.4. The first-order valence-corrected chi connectivity index (χ1v) is 6.46. The van der Waals surface area contributed by atoms with Crippen LogP contribution in [0.3, 0.4) is 0 Å². The number of nitrogens with zero attached hydrogens (tertiary/aromatic N) is 1. The predicted octanol–water partition coefficient (Wildman–Crippen LogP) is 3.78. The van der Waals surface area contributed by atoms with Crippen LogP contribution in [0.25, 0.3) is 0 Å². The second-order valence-corrected chi connectivity index (χ2v) is 5.32. The molecule has 1 aromatic carbocycles. The van der Waals surface area contributed by atoms with Gasteiger partial charge in [-0.15, -0.1) is 0 Å². The number of rotatable bonds is 1. The molecule has 1 nitrogen and oxygen atoms in total. The summed E-state index contributed by atoms with van der Waals surface area (Å²) in [4.78, 5) is 2.19. The van der Waals surface area contributed by atoms with E-state index >= 15 is 0 Å². The Bertz CT molecular complexity index is 441. The fourth-order valence-electron chi connectivity index (χ4n) is 3.44. The van der Waals surface area contributed by atoms with E-state index in [1.54, 1.807) is 0 Å². The first kappa shape index (κ1) is 11.9. The predicted molar refractivity (Wildman–Crippen MR) is 64.7 cm³/mol. The molecule has 98 valence electrons. The van der Waals surface area contributed by atoms with Gasteiger partial charge in [0.2, 0.25) is 0 Å². The van der Waals surface area contributed by atoms with E-state index in [2.05, 4.69) is 4.90 Å². The molecule has 3 rings (SSSR count). The average Bonchev–Trinajstić information content (AvgIpc) is 2.67. The molecule has 1 fully saturated rings. The van der Waals surface area contributed by atoms with E-state index in [0.717, 1.165) is 25.1 Å². The lowest BCUT2D eigenvalue weighted by Crippen LogP contribution is -2.44. The molecular weight excluding hydrogens is 239 g/mol. The molecule has 4 heteroatoms. The number of anilines is 1. The maximum Gasteiger partial charge on any atom is 0.389 e. The zero-order valence-corrected chi connectivity index (χ0v) is 10.1. The molecular formula is C14H16F3N. The Morgan fingerprint density at radius 3 is 2.78 bits per heavy atom. The summed E-state index contributed by atoms with van der Waals surface area (Å²) in [6, 6.07) is 8.06. The maximum absolute atomic E-state index is 12.6. The number of piperidine rings is 1. The van der Waals surface area contributed by atoms with Crippen molar-refractivity contribution in [3.63, 3.8) is 0 Å². The normalized spacial score (nSPS) is 26.9. The molecule has 2 aliphatic rings. The number of alkyl halides is 3. The Labute approximate surface area is 105 Å². The van der Waals surface area contributed by atoms with Gasteiger partial charge in [-0.25, -0.2) is 0 Å². The molecule has 0 N–H and O–H groups in total. The summed E-state index contributed by atoms with van der Waals surface area (Å²) in [5, 5.41) is 0. The van der Waals surface area contributed by atoms with Gasteiger partial charge in [-0.3, -0.25) is 0 Å². The van der Waals surface area contributed by atoms with Crippen molar-refractivity contribution in [1.82, 2.24) is 0 Å². The minimum absolute atomic E-state index is 0.0535. The lowest BCUT2D eigenvalue weighted by molar-refractivity contribution is -0.147. The number of halogens is 3. The quantitative estimate of drug-likeness (QED) is 0.738. The summed E-state index contributed by atoms with van der Waals surface area (Å²) in [6.07, 6.45) is -2.33. The van der Waals surface area contributed by atoms with Crippen LogP contribution in [0.2, 0.25) is 0 Å². The number of fused-ring (bicyclic) bond motifs is 3. The van der Waals surface area contributed by atoms with E-state index in [1.807, 2.05) is 24.3 Å². The van der Waals surface area contributed by atoms with Crippen molar-refractivity contribution in [2.75, 3.05) is 11.4 Å². The molecule has 1 aromatic rings. The minimum Gasteiger partial charge on any atom is -0.368 e. The monoisotopic (exact) mass is 255 g/mol. The third-order valence-corrected chi connectivity index (χ3v) is 4.14. The van der Waals surface area contributed by atoms with Gasteiger partial charge < -0.3 is 4.90 Å². The van der Waals surface area contributed by atoms with Gasteiger partial charge in [-0.2, -0.15) is 13.2 Å². The van der Waals surface area contributed by atoms with Gasteiger partial charge in [0.1, 0.15) is 0 Å². The molecule has 18 heavy (non-hydrogen) atoms. The number of para-hydroxylation sites is 1. The Hall–Kier alpha value is -1.19. The molecule has 0 radical (unpaired) electrons. The highest BCUT2D eigenvalue weighted by molar-refractivity contribution is 5.59. The van der Waals surface area contributed by atoms with Crippen LogP contribution in [-0.4, -0.2) is 18.8 Å². The SMILES string of the molecule is FC(F)(F)CC1CCCN2c3ccccc3CC12. The highest BCUT2D eigenvalue weighted by Crippen LogP contribution is 2.42. The van der Waals surface area contributed by atoms with Gasteiger partial charge in [0.05, 0.1) is 0 Å². The van der Waals surface area contributed by atoms with Gasteiger partial charge in [-0.1, -0.05) is 18.2 Å². The second kappa shape index (κ2) is 4.18. The summed E-state index contributed by atoms with van der Waals surface area (Å²) in [5.74, 6) is -0.244. The Morgan fingerprint density at radius 2 is 2.00 bits per heavy atom. The van der Waals surface area contributed by atoms with Crippen LogP contribution >= 0.6 is 0 Å². The van der Waals surface area contributed by atoms with Crippen molar-refractivity contribution in [1.29, 1.82) is 0 Å². The minimum atomic E-state index is -4.04. The van der Waals surface area contributed by atoms with Crippen LogP contribution in [-0.2, 0) is 6.42 Å². The molecule has 0 bridgehead atoms. The molecule has 0 aromatic heterocycles. The van der Waals surface area contributed by atoms with E-state index in [-0.39, 0.29) is 12.0 Å². The van der Waals surface area contributed by atoms with Crippen LogP contribution in [0.4, 0.5) is 18.9 Å². The molecule has 2 atom stereocenters.